The van der Waals surface area contributed by atoms with Gasteiger partial charge >= 0.3 is 0 Å². The standard InChI is InChI=1S/C35H21N7/c1-3-9-22(10-4-1)33-38-34(23-11-5-2-6-12-23)40-35(39-33)24-13-7-14-25(17-24)42-27-16-8-15-26-28-18-37-21-41(28)29-19-36-20-30(42)32(29)31(26)27/h1-21H. The molecule has 7 nitrogen and oxygen atoms in total. The zero-order chi connectivity index (χ0) is 27.6. The third kappa shape index (κ3) is 3.31. The summed E-state index contributed by atoms with van der Waals surface area (Å²) in [5.74, 6) is 1.90. The maximum Gasteiger partial charge on any atom is 0.164 e. The van der Waals surface area contributed by atoms with Gasteiger partial charge in [0.15, 0.2) is 17.5 Å². The Hall–Kier alpha value is -5.95. The minimum Gasteiger partial charge on any atom is -0.308 e. The SMILES string of the molecule is c1ccc(-c2nc(-c3ccccc3)nc(-c3cccc(-n4c5cccc6c5c5c4cncc5n4cncc64)c3)n2)cc1. The van der Waals surface area contributed by atoms with Crippen LogP contribution in [0.5, 0.6) is 0 Å². The number of benzene rings is 4. The van der Waals surface area contributed by atoms with E-state index in [4.69, 9.17) is 15.0 Å². The molecule has 5 heterocycles. The van der Waals surface area contributed by atoms with E-state index >= 15 is 0 Å². The summed E-state index contributed by atoms with van der Waals surface area (Å²) in [6.07, 6.45) is 7.65. The number of hydrogen-bond acceptors (Lipinski definition) is 5. The Morgan fingerprint density at radius 1 is 0.452 bits per heavy atom. The van der Waals surface area contributed by atoms with Gasteiger partial charge in [0.25, 0.3) is 0 Å². The maximum absolute atomic E-state index is 4.95. The van der Waals surface area contributed by atoms with Crippen LogP contribution in [-0.4, -0.2) is 33.9 Å². The molecule has 0 aliphatic carbocycles. The van der Waals surface area contributed by atoms with Crippen LogP contribution in [0.15, 0.2) is 128 Å². The second kappa shape index (κ2) is 8.78. The molecule has 42 heavy (non-hydrogen) atoms. The maximum atomic E-state index is 4.95. The molecule has 9 rings (SSSR count). The zero-order valence-electron chi connectivity index (χ0n) is 22.3. The third-order valence-corrected chi connectivity index (χ3v) is 7.92. The van der Waals surface area contributed by atoms with E-state index in [0.29, 0.717) is 17.5 Å². The van der Waals surface area contributed by atoms with Gasteiger partial charge in [0, 0.05) is 38.5 Å². The van der Waals surface area contributed by atoms with Crippen LogP contribution in [0.25, 0.3) is 78.1 Å². The lowest BCUT2D eigenvalue weighted by atomic mass is 10.1. The van der Waals surface area contributed by atoms with E-state index in [9.17, 15) is 0 Å². The summed E-state index contributed by atoms with van der Waals surface area (Å²) in [6.45, 7) is 0. The first-order valence-corrected chi connectivity index (χ1v) is 13.8. The second-order valence-corrected chi connectivity index (χ2v) is 10.3. The predicted octanol–water partition coefficient (Wildman–Crippen LogP) is 7.60. The van der Waals surface area contributed by atoms with Gasteiger partial charge in [0.2, 0.25) is 0 Å². The number of fused-ring (bicyclic) bond motifs is 3. The van der Waals surface area contributed by atoms with Gasteiger partial charge < -0.3 is 4.57 Å². The zero-order valence-corrected chi connectivity index (χ0v) is 22.3. The first kappa shape index (κ1) is 22.8. The molecule has 0 aliphatic rings. The fourth-order valence-corrected chi connectivity index (χ4v) is 6.07. The van der Waals surface area contributed by atoms with Crippen LogP contribution in [0, 0.1) is 0 Å². The number of imidazole rings is 1. The van der Waals surface area contributed by atoms with Gasteiger partial charge in [-0.1, -0.05) is 84.9 Å². The normalized spacial score (nSPS) is 11.8. The molecule has 0 bridgehead atoms. The Kier molecular flexibility index (Phi) is 4.77. The average molecular weight is 540 g/mol. The molecule has 0 aliphatic heterocycles. The summed E-state index contributed by atoms with van der Waals surface area (Å²) < 4.78 is 4.41. The summed E-state index contributed by atoms with van der Waals surface area (Å²) in [6, 6.07) is 34.9. The van der Waals surface area contributed by atoms with Crippen LogP contribution in [0.2, 0.25) is 0 Å². The van der Waals surface area contributed by atoms with Gasteiger partial charge in [-0.2, -0.15) is 0 Å². The molecule has 0 saturated heterocycles. The summed E-state index contributed by atoms with van der Waals surface area (Å²) >= 11 is 0. The smallest absolute Gasteiger partial charge is 0.164 e. The average Bonchev–Trinajstić information content (AvgIpc) is 3.69. The third-order valence-electron chi connectivity index (χ3n) is 7.92. The van der Waals surface area contributed by atoms with E-state index in [1.54, 1.807) is 0 Å². The number of pyridine rings is 2. The quantitative estimate of drug-likeness (QED) is 0.215. The van der Waals surface area contributed by atoms with E-state index in [-0.39, 0.29) is 0 Å². The van der Waals surface area contributed by atoms with Gasteiger partial charge in [0.1, 0.15) is 0 Å². The number of nitrogens with zero attached hydrogens (tertiary/aromatic N) is 7. The predicted molar refractivity (Wildman–Crippen MR) is 166 cm³/mol. The van der Waals surface area contributed by atoms with Crippen molar-refractivity contribution < 1.29 is 0 Å². The van der Waals surface area contributed by atoms with E-state index in [2.05, 4.69) is 61.4 Å². The van der Waals surface area contributed by atoms with Crippen molar-refractivity contribution in [2.75, 3.05) is 0 Å². The minimum absolute atomic E-state index is 0.621. The summed E-state index contributed by atoms with van der Waals surface area (Å²) in [4.78, 5) is 23.8. The largest absolute Gasteiger partial charge is 0.308 e. The van der Waals surface area contributed by atoms with Crippen molar-refractivity contribution in [2.24, 2.45) is 0 Å². The molecule has 0 spiro atoms. The molecular formula is C35H21N7. The van der Waals surface area contributed by atoms with E-state index in [0.717, 1.165) is 44.4 Å². The molecule has 4 aromatic carbocycles. The van der Waals surface area contributed by atoms with Crippen molar-refractivity contribution in [1.29, 1.82) is 0 Å². The van der Waals surface area contributed by atoms with Crippen molar-refractivity contribution in [1.82, 2.24) is 33.9 Å². The van der Waals surface area contributed by atoms with Crippen molar-refractivity contribution in [3.05, 3.63) is 128 Å². The highest BCUT2D eigenvalue weighted by molar-refractivity contribution is 6.26. The first-order chi connectivity index (χ1) is 20.8. The molecule has 5 aromatic heterocycles. The molecule has 7 heteroatoms. The van der Waals surface area contributed by atoms with Crippen molar-refractivity contribution >= 4 is 38.2 Å². The second-order valence-electron chi connectivity index (χ2n) is 10.3. The Balaban J connectivity index is 1.29. The number of hydrogen-bond donors (Lipinski definition) is 0. The van der Waals surface area contributed by atoms with Gasteiger partial charge in [-0.25, -0.2) is 19.9 Å². The Labute approximate surface area is 239 Å². The summed E-state index contributed by atoms with van der Waals surface area (Å²) in [5, 5.41) is 3.55. The molecule has 0 amide bonds. The molecule has 0 saturated carbocycles. The first-order valence-electron chi connectivity index (χ1n) is 13.8. The highest BCUT2D eigenvalue weighted by atomic mass is 15.0. The molecule has 196 valence electrons. The highest BCUT2D eigenvalue weighted by Crippen LogP contribution is 2.40. The molecule has 9 aromatic rings. The van der Waals surface area contributed by atoms with E-state index < -0.39 is 0 Å². The van der Waals surface area contributed by atoms with Gasteiger partial charge in [0.05, 0.1) is 47.0 Å². The lowest BCUT2D eigenvalue weighted by molar-refractivity contribution is 1.07. The summed E-state index contributed by atoms with van der Waals surface area (Å²) in [7, 11) is 0. The van der Waals surface area contributed by atoms with Gasteiger partial charge in [-0.05, 0) is 18.2 Å². The minimum atomic E-state index is 0.621. The lowest BCUT2D eigenvalue weighted by Crippen LogP contribution is -2.01. The van der Waals surface area contributed by atoms with Crippen LogP contribution in [0.1, 0.15) is 0 Å². The molecule has 0 unspecified atom stereocenters. The Bertz CT molecular complexity index is 2270. The molecular weight excluding hydrogens is 518 g/mol. The van der Waals surface area contributed by atoms with Gasteiger partial charge in [-0.3, -0.25) is 9.38 Å². The van der Waals surface area contributed by atoms with E-state index in [1.165, 1.54) is 16.2 Å². The van der Waals surface area contributed by atoms with Crippen LogP contribution in [0.3, 0.4) is 0 Å². The van der Waals surface area contributed by atoms with E-state index in [1.807, 2.05) is 85.6 Å². The fourth-order valence-electron chi connectivity index (χ4n) is 6.07. The van der Waals surface area contributed by atoms with Gasteiger partial charge in [-0.15, -0.1) is 0 Å². The van der Waals surface area contributed by atoms with Crippen LogP contribution >= 0.6 is 0 Å². The Morgan fingerprint density at radius 3 is 1.81 bits per heavy atom. The lowest BCUT2D eigenvalue weighted by Gasteiger charge is -2.11. The monoisotopic (exact) mass is 539 g/mol. The van der Waals surface area contributed by atoms with Crippen molar-refractivity contribution in [2.45, 2.75) is 0 Å². The molecule has 0 N–H and O–H groups in total. The number of rotatable bonds is 4. The Morgan fingerprint density at radius 2 is 1.07 bits per heavy atom. The van der Waals surface area contributed by atoms with Crippen molar-refractivity contribution in [3.63, 3.8) is 0 Å². The van der Waals surface area contributed by atoms with Crippen LogP contribution < -0.4 is 0 Å². The van der Waals surface area contributed by atoms with Crippen molar-refractivity contribution in [3.8, 4) is 39.9 Å². The van der Waals surface area contributed by atoms with Crippen LogP contribution in [-0.2, 0) is 0 Å². The molecule has 0 atom stereocenters. The fraction of sp³-hybridized carbons (Fsp3) is 0. The molecule has 0 fully saturated rings. The number of aromatic nitrogens is 7. The molecule has 0 radical (unpaired) electrons. The summed E-state index contributed by atoms with van der Waals surface area (Å²) in [5.41, 5.74) is 8.07. The highest BCUT2D eigenvalue weighted by Gasteiger charge is 2.21. The van der Waals surface area contributed by atoms with Crippen LogP contribution in [0.4, 0.5) is 0 Å². The topological polar surface area (TPSA) is 73.8 Å².